The topological polar surface area (TPSA) is 64.5 Å². The minimum Gasteiger partial charge on any atom is -0.252 e. The van der Waals surface area contributed by atoms with E-state index >= 15 is 0 Å². The molecule has 7 rings (SSSR count). The van der Waals surface area contributed by atoms with Gasteiger partial charge in [-0.25, -0.2) is 19.9 Å². The predicted molar refractivity (Wildman–Crippen MR) is 190 cm³/mol. The summed E-state index contributed by atoms with van der Waals surface area (Å²) in [4.78, 5) is 24.8. The third-order valence-corrected chi connectivity index (χ3v) is 8.53. The van der Waals surface area contributed by atoms with Gasteiger partial charge in [-0.2, -0.15) is 0 Å². The first-order valence-electron chi connectivity index (χ1n) is 15.8. The SMILES string of the molecule is CC(C)(C)c1ccc(-c2nc(-c3cnc(-c4ccccc4)cn3)nc(-c3ccc(C(C)(C)C)c4ccccc34)n2)c2ccccc12. The van der Waals surface area contributed by atoms with Crippen molar-refractivity contribution in [3.05, 3.63) is 127 Å². The normalized spacial score (nSPS) is 12.1. The highest BCUT2D eigenvalue weighted by molar-refractivity contribution is 6.00. The smallest absolute Gasteiger partial charge is 0.184 e. The van der Waals surface area contributed by atoms with E-state index in [9.17, 15) is 0 Å². The van der Waals surface area contributed by atoms with Crippen LogP contribution in [0.2, 0.25) is 0 Å². The van der Waals surface area contributed by atoms with Gasteiger partial charge >= 0.3 is 0 Å². The fraction of sp³-hybridized carbons (Fsp3) is 0.195. The van der Waals surface area contributed by atoms with Crippen LogP contribution in [-0.2, 0) is 10.8 Å². The number of rotatable bonds is 4. The summed E-state index contributed by atoms with van der Waals surface area (Å²) in [6.45, 7) is 13.5. The lowest BCUT2D eigenvalue weighted by atomic mass is 9.82. The lowest BCUT2D eigenvalue weighted by molar-refractivity contribution is 0.595. The number of hydrogen-bond donors (Lipinski definition) is 0. The molecular weight excluding hydrogens is 562 g/mol. The highest BCUT2D eigenvalue weighted by atomic mass is 15.1. The maximum absolute atomic E-state index is 5.18. The maximum Gasteiger partial charge on any atom is 0.184 e. The van der Waals surface area contributed by atoms with Gasteiger partial charge in [0, 0.05) is 16.7 Å². The van der Waals surface area contributed by atoms with Crippen LogP contribution in [-0.4, -0.2) is 24.9 Å². The Morgan fingerprint density at radius 3 is 1.26 bits per heavy atom. The lowest BCUT2D eigenvalue weighted by Crippen LogP contribution is -2.12. The van der Waals surface area contributed by atoms with Crippen molar-refractivity contribution in [3.8, 4) is 45.6 Å². The monoisotopic (exact) mass is 599 g/mol. The van der Waals surface area contributed by atoms with Crippen LogP contribution in [0.5, 0.6) is 0 Å². The fourth-order valence-corrected chi connectivity index (χ4v) is 6.23. The molecular formula is C41H37N5. The molecule has 0 spiro atoms. The largest absolute Gasteiger partial charge is 0.252 e. The quantitative estimate of drug-likeness (QED) is 0.201. The first-order chi connectivity index (χ1) is 22.1. The predicted octanol–water partition coefficient (Wildman–Crippen LogP) is 10.2. The third-order valence-electron chi connectivity index (χ3n) is 8.53. The highest BCUT2D eigenvalue weighted by Gasteiger charge is 2.23. The van der Waals surface area contributed by atoms with Crippen LogP contribution in [0.4, 0.5) is 0 Å². The van der Waals surface area contributed by atoms with Gasteiger partial charge in [0.05, 0.1) is 18.1 Å². The van der Waals surface area contributed by atoms with Gasteiger partial charge in [0.1, 0.15) is 5.69 Å². The Morgan fingerprint density at radius 1 is 0.391 bits per heavy atom. The van der Waals surface area contributed by atoms with E-state index in [-0.39, 0.29) is 10.8 Å². The van der Waals surface area contributed by atoms with Crippen LogP contribution in [0.25, 0.3) is 67.1 Å². The summed E-state index contributed by atoms with van der Waals surface area (Å²) >= 11 is 0. The molecule has 0 aliphatic heterocycles. The molecule has 7 aromatic rings. The maximum atomic E-state index is 5.18. The summed E-state index contributed by atoms with van der Waals surface area (Å²) in [5, 5.41) is 4.61. The van der Waals surface area contributed by atoms with Crippen LogP contribution in [0.1, 0.15) is 52.7 Å². The second-order valence-electron chi connectivity index (χ2n) is 13.9. The molecule has 46 heavy (non-hydrogen) atoms. The van der Waals surface area contributed by atoms with Crippen molar-refractivity contribution in [2.75, 3.05) is 0 Å². The van der Waals surface area contributed by atoms with Crippen LogP contribution >= 0.6 is 0 Å². The van der Waals surface area contributed by atoms with Crippen molar-refractivity contribution in [3.63, 3.8) is 0 Å². The number of benzene rings is 5. The summed E-state index contributed by atoms with van der Waals surface area (Å²) in [6, 6.07) is 35.8. The summed E-state index contributed by atoms with van der Waals surface area (Å²) in [7, 11) is 0. The molecule has 0 N–H and O–H groups in total. The zero-order chi connectivity index (χ0) is 32.1. The second-order valence-corrected chi connectivity index (χ2v) is 13.9. The molecule has 0 radical (unpaired) electrons. The van der Waals surface area contributed by atoms with E-state index in [1.807, 2.05) is 30.3 Å². The molecule has 0 aliphatic rings. The zero-order valence-electron chi connectivity index (χ0n) is 27.2. The summed E-state index contributed by atoms with van der Waals surface area (Å²) in [5.74, 6) is 1.70. The Balaban J connectivity index is 1.47. The van der Waals surface area contributed by atoms with Crippen molar-refractivity contribution in [2.45, 2.75) is 52.4 Å². The van der Waals surface area contributed by atoms with Gasteiger partial charge in [0.25, 0.3) is 0 Å². The van der Waals surface area contributed by atoms with Gasteiger partial charge in [0.2, 0.25) is 0 Å². The van der Waals surface area contributed by atoms with Gasteiger partial charge in [-0.1, -0.05) is 145 Å². The van der Waals surface area contributed by atoms with E-state index in [0.717, 1.165) is 33.2 Å². The van der Waals surface area contributed by atoms with Crippen LogP contribution in [0, 0.1) is 0 Å². The Bertz CT molecular complexity index is 2090. The number of aromatic nitrogens is 5. The number of fused-ring (bicyclic) bond motifs is 2. The first kappa shape index (κ1) is 29.4. The Morgan fingerprint density at radius 2 is 0.804 bits per heavy atom. The molecule has 5 heteroatoms. The van der Waals surface area contributed by atoms with Crippen LogP contribution in [0.15, 0.2) is 116 Å². The Kier molecular flexibility index (Phi) is 7.20. The Labute approximate surface area is 270 Å². The van der Waals surface area contributed by atoms with Crippen molar-refractivity contribution in [2.24, 2.45) is 0 Å². The molecule has 0 aliphatic carbocycles. The van der Waals surface area contributed by atoms with Crippen LogP contribution < -0.4 is 0 Å². The van der Waals surface area contributed by atoms with Gasteiger partial charge < -0.3 is 0 Å². The van der Waals surface area contributed by atoms with E-state index in [2.05, 4.69) is 114 Å². The van der Waals surface area contributed by atoms with Gasteiger partial charge in [0.15, 0.2) is 17.5 Å². The molecule has 0 atom stereocenters. The Hall–Kier alpha value is -5.29. The summed E-state index contributed by atoms with van der Waals surface area (Å²) in [5.41, 5.74) is 6.85. The standard InChI is InChI=1S/C41H37N5/c1-40(2,3)33-22-20-31(27-16-10-12-18-29(27)33)37-44-38(32-21-23-34(41(4,5)6)30-19-13-11-17-28(30)32)46-39(45-37)36-25-42-35(24-43-36)26-14-8-7-9-15-26/h7-25H,1-6H3. The minimum atomic E-state index is -0.0165. The molecule has 0 unspecified atom stereocenters. The van der Waals surface area contributed by atoms with E-state index in [0.29, 0.717) is 23.2 Å². The number of nitrogens with zero attached hydrogens (tertiary/aromatic N) is 5. The molecule has 2 heterocycles. The van der Waals surface area contributed by atoms with Gasteiger partial charge in [-0.15, -0.1) is 0 Å². The molecule has 0 bridgehead atoms. The molecule has 0 fully saturated rings. The zero-order valence-corrected chi connectivity index (χ0v) is 27.2. The average Bonchev–Trinajstić information content (AvgIpc) is 3.06. The number of hydrogen-bond acceptors (Lipinski definition) is 5. The van der Waals surface area contributed by atoms with E-state index in [1.165, 1.54) is 21.9 Å². The average molecular weight is 600 g/mol. The molecule has 5 aromatic carbocycles. The third kappa shape index (κ3) is 5.43. The van der Waals surface area contributed by atoms with Crippen molar-refractivity contribution in [1.82, 2.24) is 24.9 Å². The molecule has 2 aromatic heterocycles. The fourth-order valence-electron chi connectivity index (χ4n) is 6.23. The van der Waals surface area contributed by atoms with Crippen LogP contribution in [0.3, 0.4) is 0 Å². The van der Waals surface area contributed by atoms with Gasteiger partial charge in [-0.05, 0) is 43.5 Å². The van der Waals surface area contributed by atoms with Crippen molar-refractivity contribution < 1.29 is 0 Å². The molecule has 0 saturated heterocycles. The second kappa shape index (κ2) is 11.3. The molecule has 0 amide bonds. The van der Waals surface area contributed by atoms with Crippen molar-refractivity contribution in [1.29, 1.82) is 0 Å². The van der Waals surface area contributed by atoms with E-state index in [4.69, 9.17) is 24.9 Å². The highest BCUT2D eigenvalue weighted by Crippen LogP contribution is 2.38. The molecule has 5 nitrogen and oxygen atoms in total. The first-order valence-corrected chi connectivity index (χ1v) is 15.8. The van der Waals surface area contributed by atoms with E-state index in [1.54, 1.807) is 12.4 Å². The summed E-state index contributed by atoms with van der Waals surface area (Å²) in [6.07, 6.45) is 3.54. The van der Waals surface area contributed by atoms with E-state index < -0.39 is 0 Å². The minimum absolute atomic E-state index is 0.0165. The van der Waals surface area contributed by atoms with Gasteiger partial charge in [-0.3, -0.25) is 4.98 Å². The van der Waals surface area contributed by atoms with Crippen molar-refractivity contribution >= 4 is 21.5 Å². The lowest BCUT2D eigenvalue weighted by Gasteiger charge is -2.23. The summed E-state index contributed by atoms with van der Waals surface area (Å²) < 4.78 is 0. The molecule has 226 valence electrons. The molecule has 0 saturated carbocycles.